The predicted molar refractivity (Wildman–Crippen MR) is 96.8 cm³/mol. The van der Waals surface area contributed by atoms with Crippen molar-refractivity contribution in [3.63, 3.8) is 0 Å². The van der Waals surface area contributed by atoms with Gasteiger partial charge in [-0.15, -0.1) is 0 Å². The van der Waals surface area contributed by atoms with E-state index in [1.165, 1.54) is 5.56 Å². The summed E-state index contributed by atoms with van der Waals surface area (Å²) < 4.78 is 5.70. The number of aliphatic carboxylic acids is 1. The molecule has 2 N–H and O–H groups in total. The Morgan fingerprint density at radius 1 is 0.920 bits per heavy atom. The Kier molecular flexibility index (Phi) is 7.50. The Balaban J connectivity index is 1.67. The van der Waals surface area contributed by atoms with Crippen LogP contribution in [0.1, 0.15) is 31.2 Å². The van der Waals surface area contributed by atoms with E-state index < -0.39 is 5.97 Å². The lowest BCUT2D eigenvalue weighted by Gasteiger charge is -2.08. The second-order valence-electron chi connectivity index (χ2n) is 5.76. The summed E-state index contributed by atoms with van der Waals surface area (Å²) in [7, 11) is 0. The Labute approximate surface area is 147 Å². The predicted octanol–water partition coefficient (Wildman–Crippen LogP) is 3.89. The SMILES string of the molecule is O=C(O)CCCC(=O)Nc1ccc(OCCCc2ccccc2)cc1. The molecule has 0 heterocycles. The number of hydrogen-bond donors (Lipinski definition) is 2. The van der Waals surface area contributed by atoms with Crippen LogP contribution in [-0.2, 0) is 16.0 Å². The van der Waals surface area contributed by atoms with Crippen LogP contribution in [0.5, 0.6) is 5.75 Å². The van der Waals surface area contributed by atoms with Crippen LogP contribution in [0.4, 0.5) is 5.69 Å². The van der Waals surface area contributed by atoms with Crippen molar-refractivity contribution in [1.29, 1.82) is 0 Å². The highest BCUT2D eigenvalue weighted by Crippen LogP contribution is 2.16. The largest absolute Gasteiger partial charge is 0.494 e. The lowest BCUT2D eigenvalue weighted by atomic mass is 10.1. The van der Waals surface area contributed by atoms with Gasteiger partial charge in [-0.2, -0.15) is 0 Å². The maximum absolute atomic E-state index is 11.7. The highest BCUT2D eigenvalue weighted by Gasteiger charge is 2.05. The number of ether oxygens (including phenoxy) is 1. The van der Waals surface area contributed by atoms with Crippen molar-refractivity contribution >= 4 is 17.6 Å². The highest BCUT2D eigenvalue weighted by molar-refractivity contribution is 5.90. The average molecular weight is 341 g/mol. The van der Waals surface area contributed by atoms with Gasteiger partial charge in [0.1, 0.15) is 5.75 Å². The molecular formula is C20H23NO4. The number of carbonyl (C=O) groups excluding carboxylic acids is 1. The molecule has 2 aromatic rings. The number of amides is 1. The van der Waals surface area contributed by atoms with E-state index in [4.69, 9.17) is 9.84 Å². The number of carbonyl (C=O) groups is 2. The van der Waals surface area contributed by atoms with E-state index in [1.807, 2.05) is 30.3 Å². The molecule has 0 radical (unpaired) electrons. The van der Waals surface area contributed by atoms with Gasteiger partial charge in [-0.1, -0.05) is 30.3 Å². The fourth-order valence-electron chi connectivity index (χ4n) is 2.37. The molecule has 5 nitrogen and oxygen atoms in total. The third kappa shape index (κ3) is 7.52. The minimum Gasteiger partial charge on any atom is -0.494 e. The molecule has 0 saturated heterocycles. The highest BCUT2D eigenvalue weighted by atomic mass is 16.5. The van der Waals surface area contributed by atoms with Crippen LogP contribution >= 0.6 is 0 Å². The molecule has 2 aromatic carbocycles. The summed E-state index contributed by atoms with van der Waals surface area (Å²) in [6.07, 6.45) is 2.45. The van der Waals surface area contributed by atoms with Crippen LogP contribution in [0.25, 0.3) is 0 Å². The van der Waals surface area contributed by atoms with E-state index in [-0.39, 0.29) is 18.7 Å². The Morgan fingerprint density at radius 2 is 1.64 bits per heavy atom. The van der Waals surface area contributed by atoms with Crippen LogP contribution in [0, 0.1) is 0 Å². The first-order chi connectivity index (χ1) is 12.1. The van der Waals surface area contributed by atoms with Crippen molar-refractivity contribution < 1.29 is 19.4 Å². The number of nitrogens with one attached hydrogen (secondary N) is 1. The molecule has 0 aromatic heterocycles. The van der Waals surface area contributed by atoms with Crippen molar-refractivity contribution in [1.82, 2.24) is 0 Å². The first-order valence-corrected chi connectivity index (χ1v) is 8.42. The molecule has 0 spiro atoms. The number of anilines is 1. The first-order valence-electron chi connectivity index (χ1n) is 8.42. The lowest BCUT2D eigenvalue weighted by Crippen LogP contribution is -2.11. The molecule has 2 rings (SSSR count). The van der Waals surface area contributed by atoms with E-state index in [1.54, 1.807) is 12.1 Å². The topological polar surface area (TPSA) is 75.6 Å². The molecule has 0 saturated carbocycles. The van der Waals surface area contributed by atoms with Gasteiger partial charge in [0.05, 0.1) is 6.61 Å². The van der Waals surface area contributed by atoms with E-state index in [9.17, 15) is 9.59 Å². The van der Waals surface area contributed by atoms with Crippen molar-refractivity contribution in [3.05, 3.63) is 60.2 Å². The summed E-state index contributed by atoms with van der Waals surface area (Å²) in [5, 5.41) is 11.3. The van der Waals surface area contributed by atoms with Crippen molar-refractivity contribution in [2.24, 2.45) is 0 Å². The van der Waals surface area contributed by atoms with Crippen LogP contribution in [-0.4, -0.2) is 23.6 Å². The summed E-state index contributed by atoms with van der Waals surface area (Å²) in [5.74, 6) is -0.309. The van der Waals surface area contributed by atoms with Gasteiger partial charge in [0.25, 0.3) is 0 Å². The normalized spacial score (nSPS) is 10.2. The number of rotatable bonds is 10. The Morgan fingerprint density at radius 3 is 2.32 bits per heavy atom. The van der Waals surface area contributed by atoms with Crippen LogP contribution in [0.2, 0.25) is 0 Å². The summed E-state index contributed by atoms with van der Waals surface area (Å²) in [5.41, 5.74) is 1.98. The van der Waals surface area contributed by atoms with Gasteiger partial charge in [0.2, 0.25) is 5.91 Å². The van der Waals surface area contributed by atoms with Crippen LogP contribution in [0.3, 0.4) is 0 Å². The first kappa shape index (κ1) is 18.5. The van der Waals surface area contributed by atoms with Gasteiger partial charge in [-0.05, 0) is 49.1 Å². The zero-order valence-electron chi connectivity index (χ0n) is 14.1. The summed E-state index contributed by atoms with van der Waals surface area (Å²) in [6.45, 7) is 0.635. The number of aryl methyl sites for hydroxylation is 1. The summed E-state index contributed by atoms with van der Waals surface area (Å²) >= 11 is 0. The molecule has 25 heavy (non-hydrogen) atoms. The van der Waals surface area contributed by atoms with Gasteiger partial charge in [-0.25, -0.2) is 0 Å². The number of benzene rings is 2. The second kappa shape index (κ2) is 10.1. The minimum absolute atomic E-state index is 0.00315. The fourth-order valence-corrected chi connectivity index (χ4v) is 2.37. The van der Waals surface area contributed by atoms with Crippen LogP contribution in [0.15, 0.2) is 54.6 Å². The van der Waals surface area contributed by atoms with Crippen molar-refractivity contribution in [2.75, 3.05) is 11.9 Å². The molecule has 1 amide bonds. The molecule has 0 fully saturated rings. The molecule has 0 unspecified atom stereocenters. The van der Waals surface area contributed by atoms with E-state index in [0.717, 1.165) is 18.6 Å². The number of carboxylic acid groups (broad SMARTS) is 1. The Bertz CT molecular complexity index is 668. The Hall–Kier alpha value is -2.82. The molecule has 132 valence electrons. The summed E-state index contributed by atoms with van der Waals surface area (Å²) in [6, 6.07) is 17.5. The third-order valence-corrected chi connectivity index (χ3v) is 3.65. The monoisotopic (exact) mass is 341 g/mol. The average Bonchev–Trinajstić information content (AvgIpc) is 2.61. The standard InChI is InChI=1S/C20H23NO4/c22-19(9-4-10-20(23)24)21-17-11-13-18(14-12-17)25-15-5-8-16-6-2-1-3-7-16/h1-3,6-7,11-14H,4-5,8-10,15H2,(H,21,22)(H,23,24). The fraction of sp³-hybridized carbons (Fsp3) is 0.300. The van der Waals surface area contributed by atoms with E-state index in [0.29, 0.717) is 18.7 Å². The summed E-state index contributed by atoms with van der Waals surface area (Å²) in [4.78, 5) is 22.1. The van der Waals surface area contributed by atoms with E-state index in [2.05, 4.69) is 17.4 Å². The number of carboxylic acids is 1. The molecule has 5 heteroatoms. The minimum atomic E-state index is -0.887. The van der Waals surface area contributed by atoms with E-state index >= 15 is 0 Å². The maximum Gasteiger partial charge on any atom is 0.303 e. The maximum atomic E-state index is 11.7. The number of hydrogen-bond acceptors (Lipinski definition) is 3. The van der Waals surface area contributed by atoms with Crippen LogP contribution < -0.4 is 10.1 Å². The van der Waals surface area contributed by atoms with Crippen molar-refractivity contribution in [2.45, 2.75) is 32.1 Å². The molecule has 0 atom stereocenters. The lowest BCUT2D eigenvalue weighted by molar-refractivity contribution is -0.137. The smallest absolute Gasteiger partial charge is 0.303 e. The van der Waals surface area contributed by atoms with Gasteiger partial charge < -0.3 is 15.2 Å². The molecule has 0 aliphatic rings. The van der Waals surface area contributed by atoms with Gasteiger partial charge >= 0.3 is 5.97 Å². The second-order valence-corrected chi connectivity index (χ2v) is 5.76. The third-order valence-electron chi connectivity index (χ3n) is 3.65. The zero-order valence-corrected chi connectivity index (χ0v) is 14.1. The van der Waals surface area contributed by atoms with Crippen molar-refractivity contribution in [3.8, 4) is 5.75 Å². The molecule has 0 aliphatic carbocycles. The molecule has 0 bridgehead atoms. The molecular weight excluding hydrogens is 318 g/mol. The quantitative estimate of drug-likeness (QED) is 0.643. The zero-order chi connectivity index (χ0) is 17.9. The van der Waals surface area contributed by atoms with Gasteiger partial charge in [-0.3, -0.25) is 9.59 Å². The van der Waals surface area contributed by atoms with Gasteiger partial charge in [0.15, 0.2) is 0 Å². The van der Waals surface area contributed by atoms with Gasteiger partial charge in [0, 0.05) is 18.5 Å². The molecule has 0 aliphatic heterocycles.